The van der Waals surface area contributed by atoms with E-state index in [1.807, 2.05) is 0 Å². The lowest BCUT2D eigenvalue weighted by Gasteiger charge is -2.14. The maximum absolute atomic E-state index is 12.7. The summed E-state index contributed by atoms with van der Waals surface area (Å²) in [7, 11) is 0. The minimum Gasteiger partial charge on any atom is -0.480 e. The summed E-state index contributed by atoms with van der Waals surface area (Å²) in [5.74, 6) is -1.30. The van der Waals surface area contributed by atoms with Crippen LogP contribution in [0.5, 0.6) is 0 Å². The van der Waals surface area contributed by atoms with Crippen LogP contribution in [0.15, 0.2) is 60.8 Å². The number of esters is 1. The first kappa shape index (κ1) is 46.1. The van der Waals surface area contributed by atoms with E-state index < -0.39 is 5.97 Å². The van der Waals surface area contributed by atoms with Crippen LogP contribution in [0.1, 0.15) is 181 Å². The summed E-state index contributed by atoms with van der Waals surface area (Å²) >= 11 is 0. The number of carboxylic acid groups (broad SMARTS) is 1. The fourth-order valence-corrected chi connectivity index (χ4v) is 5.48. The number of hydrogen-bond donors (Lipinski definition) is 2. The van der Waals surface area contributed by atoms with Crippen LogP contribution in [0.4, 0.5) is 0 Å². The van der Waals surface area contributed by atoms with Gasteiger partial charge in [-0.3, -0.25) is 14.4 Å². The molecule has 0 aromatic carbocycles. The fourth-order valence-electron chi connectivity index (χ4n) is 5.48. The van der Waals surface area contributed by atoms with Crippen molar-refractivity contribution in [2.24, 2.45) is 0 Å². The molecule has 0 saturated carbocycles. The zero-order chi connectivity index (χ0) is 35.9. The van der Waals surface area contributed by atoms with Gasteiger partial charge in [0, 0.05) is 12.8 Å². The van der Waals surface area contributed by atoms with Crippen molar-refractivity contribution in [1.82, 2.24) is 5.32 Å². The van der Waals surface area contributed by atoms with Gasteiger partial charge in [0.2, 0.25) is 5.91 Å². The van der Waals surface area contributed by atoms with E-state index in [0.717, 1.165) is 96.3 Å². The number of carbonyl (C=O) groups is 3. The van der Waals surface area contributed by atoms with Gasteiger partial charge in [-0.25, -0.2) is 0 Å². The summed E-state index contributed by atoms with van der Waals surface area (Å²) in [5.41, 5.74) is 0. The third kappa shape index (κ3) is 37.8. The van der Waals surface area contributed by atoms with Crippen molar-refractivity contribution >= 4 is 17.8 Å². The standard InChI is InChI=1S/C43H73NO5/c1-3-5-7-9-11-13-14-15-16-17-18-19-20-22-24-30-34-38-43(48)49-40(35-31-27-23-21-12-10-8-6-4-2)36-32-28-25-26-29-33-37-41(45)44-39-42(46)47/h5,7,11,13,15-16,21,23,31,35,40H,3-4,6,8-10,12,14,17-20,22,24-30,32-34,36-39H2,1-2H3,(H,44,45)(H,46,47)/b7-5-,13-11-,16-15-,23-21-,35-31-. The number of allylic oxidation sites excluding steroid dienone is 9. The summed E-state index contributed by atoms with van der Waals surface area (Å²) in [6.45, 7) is 4.08. The van der Waals surface area contributed by atoms with E-state index >= 15 is 0 Å². The third-order valence-electron chi connectivity index (χ3n) is 8.41. The molecule has 0 aliphatic rings. The molecule has 0 aromatic heterocycles. The molecule has 0 radical (unpaired) electrons. The van der Waals surface area contributed by atoms with E-state index in [2.05, 4.69) is 79.9 Å². The quantitative estimate of drug-likeness (QED) is 0.0394. The average Bonchev–Trinajstić information content (AvgIpc) is 3.08. The molecule has 0 aliphatic carbocycles. The van der Waals surface area contributed by atoms with Crippen molar-refractivity contribution < 1.29 is 24.2 Å². The molecule has 1 amide bonds. The van der Waals surface area contributed by atoms with E-state index in [1.165, 1.54) is 57.8 Å². The van der Waals surface area contributed by atoms with Gasteiger partial charge in [0.15, 0.2) is 0 Å². The first-order valence-electron chi connectivity index (χ1n) is 19.9. The van der Waals surface area contributed by atoms with Crippen molar-refractivity contribution in [3.63, 3.8) is 0 Å². The van der Waals surface area contributed by atoms with Crippen LogP contribution < -0.4 is 5.32 Å². The normalized spacial score (nSPS) is 12.7. The molecular formula is C43H73NO5. The van der Waals surface area contributed by atoms with E-state index in [4.69, 9.17) is 9.84 Å². The molecular weight excluding hydrogens is 610 g/mol. The first-order valence-corrected chi connectivity index (χ1v) is 19.9. The van der Waals surface area contributed by atoms with Gasteiger partial charge in [-0.05, 0) is 83.1 Å². The van der Waals surface area contributed by atoms with E-state index in [0.29, 0.717) is 12.8 Å². The Morgan fingerprint density at radius 3 is 1.65 bits per heavy atom. The topological polar surface area (TPSA) is 92.7 Å². The Morgan fingerprint density at radius 1 is 0.571 bits per heavy atom. The Morgan fingerprint density at radius 2 is 1.06 bits per heavy atom. The summed E-state index contributed by atoms with van der Waals surface area (Å²) in [6, 6.07) is 0. The van der Waals surface area contributed by atoms with Crippen LogP contribution in [-0.4, -0.2) is 35.6 Å². The Balaban J connectivity index is 4.21. The van der Waals surface area contributed by atoms with Crippen LogP contribution in [-0.2, 0) is 19.1 Å². The van der Waals surface area contributed by atoms with Gasteiger partial charge in [-0.2, -0.15) is 0 Å². The summed E-state index contributed by atoms with van der Waals surface area (Å²) in [4.78, 5) is 34.8. The minimum absolute atomic E-state index is 0.0821. The monoisotopic (exact) mass is 684 g/mol. The van der Waals surface area contributed by atoms with Crippen molar-refractivity contribution in [2.75, 3.05) is 6.54 Å². The number of aliphatic carboxylic acids is 1. The van der Waals surface area contributed by atoms with E-state index in [-0.39, 0.29) is 24.5 Å². The van der Waals surface area contributed by atoms with Gasteiger partial charge in [-0.15, -0.1) is 0 Å². The average molecular weight is 684 g/mol. The SMILES string of the molecule is CC/C=C\C/C=C\C/C=C\CCCCCCCCCC(=O)OC(/C=C\C/C=C\CCCCCC)CCCCCCCCC(=O)NCC(=O)O. The van der Waals surface area contributed by atoms with E-state index in [9.17, 15) is 14.4 Å². The van der Waals surface area contributed by atoms with Crippen molar-refractivity contribution in [2.45, 2.75) is 187 Å². The molecule has 280 valence electrons. The van der Waals surface area contributed by atoms with E-state index in [1.54, 1.807) is 0 Å². The Kier molecular flexibility index (Phi) is 35.7. The summed E-state index contributed by atoms with van der Waals surface area (Å²) in [5, 5.41) is 11.0. The highest BCUT2D eigenvalue weighted by Crippen LogP contribution is 2.15. The van der Waals surface area contributed by atoms with Crippen LogP contribution in [0.25, 0.3) is 0 Å². The lowest BCUT2D eigenvalue weighted by Crippen LogP contribution is -2.28. The molecule has 0 bridgehead atoms. The highest BCUT2D eigenvalue weighted by atomic mass is 16.5. The number of carbonyl (C=O) groups excluding carboxylic acids is 2. The number of carboxylic acids is 1. The van der Waals surface area contributed by atoms with Crippen LogP contribution in [0.3, 0.4) is 0 Å². The smallest absolute Gasteiger partial charge is 0.322 e. The Bertz CT molecular complexity index is 933. The van der Waals surface area contributed by atoms with Gasteiger partial charge >= 0.3 is 11.9 Å². The maximum atomic E-state index is 12.7. The lowest BCUT2D eigenvalue weighted by atomic mass is 10.1. The van der Waals surface area contributed by atoms with Gasteiger partial charge in [0.25, 0.3) is 0 Å². The number of nitrogens with one attached hydrogen (secondary N) is 1. The molecule has 6 heteroatoms. The molecule has 0 saturated heterocycles. The van der Waals surface area contributed by atoms with Crippen LogP contribution >= 0.6 is 0 Å². The third-order valence-corrected chi connectivity index (χ3v) is 8.41. The second-order valence-electron chi connectivity index (χ2n) is 13.2. The first-order chi connectivity index (χ1) is 24.0. The molecule has 0 aliphatic heterocycles. The van der Waals surface area contributed by atoms with Crippen molar-refractivity contribution in [1.29, 1.82) is 0 Å². The van der Waals surface area contributed by atoms with Crippen LogP contribution in [0, 0.1) is 0 Å². The maximum Gasteiger partial charge on any atom is 0.322 e. The molecule has 0 spiro atoms. The number of amides is 1. The molecule has 0 aromatic rings. The molecule has 0 heterocycles. The largest absolute Gasteiger partial charge is 0.480 e. The number of hydrogen-bond acceptors (Lipinski definition) is 4. The summed E-state index contributed by atoms with van der Waals surface area (Å²) in [6.07, 6.45) is 49.3. The predicted molar refractivity (Wildman–Crippen MR) is 208 cm³/mol. The second kappa shape index (κ2) is 37.9. The van der Waals surface area contributed by atoms with Gasteiger partial charge in [0.05, 0.1) is 0 Å². The zero-order valence-corrected chi connectivity index (χ0v) is 31.5. The number of unbranched alkanes of at least 4 members (excludes halogenated alkanes) is 16. The molecule has 2 N–H and O–H groups in total. The molecule has 1 atom stereocenters. The Labute approximate surface area is 301 Å². The minimum atomic E-state index is -1.02. The molecule has 6 nitrogen and oxygen atoms in total. The number of rotatable bonds is 35. The number of ether oxygens (including phenoxy) is 1. The zero-order valence-electron chi connectivity index (χ0n) is 31.5. The van der Waals surface area contributed by atoms with Gasteiger partial charge < -0.3 is 15.2 Å². The van der Waals surface area contributed by atoms with Crippen molar-refractivity contribution in [3.8, 4) is 0 Å². The Hall–Kier alpha value is -2.89. The highest BCUT2D eigenvalue weighted by molar-refractivity contribution is 5.80. The summed E-state index contributed by atoms with van der Waals surface area (Å²) < 4.78 is 5.91. The molecule has 0 fully saturated rings. The predicted octanol–water partition coefficient (Wildman–Crippen LogP) is 12.1. The van der Waals surface area contributed by atoms with Gasteiger partial charge in [-0.1, -0.05) is 146 Å². The lowest BCUT2D eigenvalue weighted by molar-refractivity contribution is -0.147. The second-order valence-corrected chi connectivity index (χ2v) is 13.2. The molecule has 1 unspecified atom stereocenters. The highest BCUT2D eigenvalue weighted by Gasteiger charge is 2.11. The molecule has 49 heavy (non-hydrogen) atoms. The van der Waals surface area contributed by atoms with Gasteiger partial charge in [0.1, 0.15) is 12.6 Å². The van der Waals surface area contributed by atoms with Crippen molar-refractivity contribution in [3.05, 3.63) is 60.8 Å². The molecule has 0 rings (SSSR count). The van der Waals surface area contributed by atoms with Crippen LogP contribution in [0.2, 0.25) is 0 Å². The fraction of sp³-hybridized carbons (Fsp3) is 0.698.